The molecule has 1 saturated heterocycles. The number of aryl methyl sites for hydroxylation is 1. The third-order valence-electron chi connectivity index (χ3n) is 3.89. The van der Waals surface area contributed by atoms with Crippen LogP contribution in [0.5, 0.6) is 0 Å². The Labute approximate surface area is 132 Å². The average Bonchev–Trinajstić information content (AvgIpc) is 2.48. The van der Waals surface area contributed by atoms with Crippen LogP contribution in [0.1, 0.15) is 5.69 Å². The van der Waals surface area contributed by atoms with E-state index in [4.69, 9.17) is 11.6 Å². The Morgan fingerprint density at radius 3 is 2.14 bits per heavy atom. The lowest BCUT2D eigenvalue weighted by Crippen LogP contribution is -2.48. The molecule has 1 aromatic carbocycles. The molecule has 2 N–H and O–H groups in total. The van der Waals surface area contributed by atoms with Crippen molar-refractivity contribution in [3.8, 4) is 0 Å². The lowest BCUT2D eigenvalue weighted by molar-refractivity contribution is 0.647. The van der Waals surface area contributed by atoms with Crippen LogP contribution in [0.25, 0.3) is 0 Å². The minimum absolute atomic E-state index is 0.332. The van der Waals surface area contributed by atoms with Gasteiger partial charge in [-0.1, -0.05) is 11.6 Å². The minimum Gasteiger partial charge on any atom is -0.368 e. The van der Waals surface area contributed by atoms with Gasteiger partial charge in [-0.2, -0.15) is 0 Å². The molecule has 1 aliphatic rings. The fraction of sp³-hybridized carbons (Fsp3) is 0.333. The van der Waals surface area contributed by atoms with E-state index in [0.29, 0.717) is 11.4 Å². The number of benzene rings is 1. The second-order valence-corrected chi connectivity index (χ2v) is 5.77. The minimum atomic E-state index is -0.467. The van der Waals surface area contributed by atoms with Crippen LogP contribution in [0.2, 0.25) is 5.02 Å². The molecule has 1 aliphatic heterocycles. The molecule has 6 nitrogen and oxygen atoms in total. The van der Waals surface area contributed by atoms with Crippen molar-refractivity contribution in [3.63, 3.8) is 0 Å². The molecule has 0 atom stereocenters. The number of nitrogens with zero attached hydrogens (tertiary/aromatic N) is 2. The van der Waals surface area contributed by atoms with Gasteiger partial charge in [0.15, 0.2) is 0 Å². The summed E-state index contributed by atoms with van der Waals surface area (Å²) in [6.45, 7) is 4.80. The Bertz CT molecular complexity index is 773. The molecule has 0 unspecified atom stereocenters. The third-order valence-corrected chi connectivity index (χ3v) is 4.14. The van der Waals surface area contributed by atoms with Gasteiger partial charge in [-0.05, 0) is 31.2 Å². The predicted octanol–water partition coefficient (Wildman–Crippen LogP) is 1.35. The zero-order valence-electron chi connectivity index (χ0n) is 12.2. The van der Waals surface area contributed by atoms with E-state index in [-0.39, 0.29) is 5.56 Å². The van der Waals surface area contributed by atoms with Crippen molar-refractivity contribution in [2.75, 3.05) is 36.0 Å². The number of H-pyrrole nitrogens is 2. The van der Waals surface area contributed by atoms with Gasteiger partial charge in [0.2, 0.25) is 0 Å². The maximum atomic E-state index is 12.0. The average molecular weight is 321 g/mol. The summed E-state index contributed by atoms with van der Waals surface area (Å²) in [7, 11) is 0. The normalized spacial score (nSPS) is 15.2. The van der Waals surface area contributed by atoms with Crippen LogP contribution in [-0.4, -0.2) is 36.1 Å². The Hall–Kier alpha value is -2.21. The van der Waals surface area contributed by atoms with Crippen LogP contribution in [0.15, 0.2) is 33.9 Å². The Morgan fingerprint density at radius 2 is 1.55 bits per heavy atom. The zero-order valence-corrected chi connectivity index (χ0v) is 13.0. The fourth-order valence-electron chi connectivity index (χ4n) is 2.81. The molecule has 116 valence electrons. The Morgan fingerprint density at radius 1 is 0.955 bits per heavy atom. The van der Waals surface area contributed by atoms with Crippen molar-refractivity contribution < 1.29 is 0 Å². The van der Waals surface area contributed by atoms with Gasteiger partial charge in [-0.15, -0.1) is 0 Å². The molecule has 0 radical (unpaired) electrons. The van der Waals surface area contributed by atoms with E-state index in [1.165, 1.54) is 0 Å². The van der Waals surface area contributed by atoms with Gasteiger partial charge in [0.05, 0.1) is 0 Å². The van der Waals surface area contributed by atoms with E-state index in [2.05, 4.69) is 14.9 Å². The van der Waals surface area contributed by atoms with Crippen molar-refractivity contribution in [2.45, 2.75) is 6.92 Å². The number of anilines is 2. The largest absolute Gasteiger partial charge is 0.368 e. The molecule has 3 rings (SSSR count). The molecule has 0 amide bonds. The van der Waals surface area contributed by atoms with Crippen molar-refractivity contribution in [2.24, 2.45) is 0 Å². The second kappa shape index (κ2) is 5.88. The summed E-state index contributed by atoms with van der Waals surface area (Å²) >= 11 is 5.91. The van der Waals surface area contributed by atoms with Crippen molar-refractivity contribution in [3.05, 3.63) is 55.8 Å². The van der Waals surface area contributed by atoms with Crippen molar-refractivity contribution in [1.29, 1.82) is 0 Å². The van der Waals surface area contributed by atoms with Crippen LogP contribution < -0.4 is 21.0 Å². The highest BCUT2D eigenvalue weighted by Crippen LogP contribution is 2.21. The van der Waals surface area contributed by atoms with Gasteiger partial charge in [-0.25, -0.2) is 4.79 Å². The number of nitrogens with one attached hydrogen (secondary N) is 2. The monoisotopic (exact) mass is 320 g/mol. The van der Waals surface area contributed by atoms with Gasteiger partial charge < -0.3 is 14.8 Å². The smallest absolute Gasteiger partial charge is 0.326 e. The Kier molecular flexibility index (Phi) is 3.94. The number of hydrogen-bond acceptors (Lipinski definition) is 4. The zero-order chi connectivity index (χ0) is 15.7. The van der Waals surface area contributed by atoms with Gasteiger partial charge >= 0.3 is 5.69 Å². The molecule has 1 fully saturated rings. The third kappa shape index (κ3) is 2.87. The molecule has 0 spiro atoms. The second-order valence-electron chi connectivity index (χ2n) is 5.33. The molecule has 1 aromatic heterocycles. The van der Waals surface area contributed by atoms with Crippen LogP contribution >= 0.6 is 11.6 Å². The first-order valence-corrected chi connectivity index (χ1v) is 7.51. The molecule has 0 aliphatic carbocycles. The highest BCUT2D eigenvalue weighted by molar-refractivity contribution is 6.30. The van der Waals surface area contributed by atoms with Crippen LogP contribution in [0, 0.1) is 6.92 Å². The summed E-state index contributed by atoms with van der Waals surface area (Å²) in [5.74, 6) is 0. The van der Waals surface area contributed by atoms with Crippen LogP contribution in [0.3, 0.4) is 0 Å². The number of hydrogen-bond donors (Lipinski definition) is 2. The summed E-state index contributed by atoms with van der Waals surface area (Å²) in [5.41, 5.74) is 1.48. The number of aromatic amines is 2. The topological polar surface area (TPSA) is 72.2 Å². The van der Waals surface area contributed by atoms with Gasteiger partial charge in [0, 0.05) is 42.6 Å². The highest BCUT2D eigenvalue weighted by Gasteiger charge is 2.21. The molecule has 2 aromatic rings. The van der Waals surface area contributed by atoms with E-state index in [0.717, 1.165) is 36.9 Å². The summed E-state index contributed by atoms with van der Waals surface area (Å²) in [6, 6.07) is 7.74. The van der Waals surface area contributed by atoms with Gasteiger partial charge in [0.1, 0.15) is 5.69 Å². The first-order valence-electron chi connectivity index (χ1n) is 7.13. The van der Waals surface area contributed by atoms with E-state index in [1.807, 2.05) is 29.2 Å². The predicted molar refractivity (Wildman–Crippen MR) is 88.3 cm³/mol. The van der Waals surface area contributed by atoms with E-state index in [1.54, 1.807) is 6.92 Å². The number of rotatable bonds is 2. The maximum absolute atomic E-state index is 12.0. The van der Waals surface area contributed by atoms with Crippen LogP contribution in [0.4, 0.5) is 11.4 Å². The number of piperazine rings is 1. The molecule has 0 saturated carbocycles. The van der Waals surface area contributed by atoms with E-state index >= 15 is 0 Å². The first kappa shape index (κ1) is 14.7. The fourth-order valence-corrected chi connectivity index (χ4v) is 2.94. The summed E-state index contributed by atoms with van der Waals surface area (Å²) in [6.07, 6.45) is 0. The summed E-state index contributed by atoms with van der Waals surface area (Å²) < 4.78 is 0. The lowest BCUT2D eigenvalue weighted by Gasteiger charge is -2.37. The molecule has 0 bridgehead atoms. The van der Waals surface area contributed by atoms with Gasteiger partial charge in [0.25, 0.3) is 5.56 Å². The molecular weight excluding hydrogens is 304 g/mol. The standard InChI is InChI=1S/C15H17ClN4O2/c1-10-13(14(21)18-15(22)17-10)20-8-6-19(7-9-20)12-4-2-11(16)3-5-12/h2-5H,6-9H2,1H3,(H2,17,18,21,22). The quantitative estimate of drug-likeness (QED) is 0.876. The SMILES string of the molecule is Cc1[nH]c(=O)[nH]c(=O)c1N1CCN(c2ccc(Cl)cc2)CC1. The Balaban J connectivity index is 1.76. The molecule has 2 heterocycles. The molecular formula is C15H17ClN4O2. The number of aromatic nitrogens is 2. The summed E-state index contributed by atoms with van der Waals surface area (Å²) in [5, 5.41) is 0.720. The van der Waals surface area contributed by atoms with Crippen molar-refractivity contribution in [1.82, 2.24) is 9.97 Å². The van der Waals surface area contributed by atoms with Crippen molar-refractivity contribution >= 4 is 23.0 Å². The van der Waals surface area contributed by atoms with Gasteiger partial charge in [-0.3, -0.25) is 9.78 Å². The lowest BCUT2D eigenvalue weighted by atomic mass is 10.2. The van der Waals surface area contributed by atoms with E-state index in [9.17, 15) is 9.59 Å². The van der Waals surface area contributed by atoms with Crippen LogP contribution in [-0.2, 0) is 0 Å². The summed E-state index contributed by atoms with van der Waals surface area (Å²) in [4.78, 5) is 32.5. The highest BCUT2D eigenvalue weighted by atomic mass is 35.5. The molecule has 7 heteroatoms. The maximum Gasteiger partial charge on any atom is 0.326 e. The van der Waals surface area contributed by atoms with E-state index < -0.39 is 5.69 Å². The number of halogens is 1. The first-order chi connectivity index (χ1) is 10.5. The molecule has 22 heavy (non-hydrogen) atoms.